The van der Waals surface area contributed by atoms with Gasteiger partial charge in [0, 0.05) is 22.8 Å². The van der Waals surface area contributed by atoms with Crippen molar-refractivity contribution < 1.29 is 9.59 Å². The van der Waals surface area contributed by atoms with Crippen molar-refractivity contribution in [1.29, 1.82) is 0 Å². The van der Waals surface area contributed by atoms with Crippen LogP contribution >= 0.6 is 22.7 Å². The molecule has 0 fully saturated rings. The van der Waals surface area contributed by atoms with Crippen LogP contribution in [-0.2, 0) is 18.3 Å². The minimum atomic E-state index is -0.811. The summed E-state index contributed by atoms with van der Waals surface area (Å²) in [4.78, 5) is 28.2. The molecule has 6 N–H and O–H groups in total. The second kappa shape index (κ2) is 7.99. The molecule has 2 atom stereocenters. The molecular formula is C19H23N7O2S2. The Hall–Kier alpha value is -2.47. The third-order valence-corrected chi connectivity index (χ3v) is 7.81. The summed E-state index contributed by atoms with van der Waals surface area (Å²) in [6.07, 6.45) is 2.00. The highest BCUT2D eigenvalue weighted by molar-refractivity contribution is 7.15. The number of carbonyl (C=O) groups excluding carboxylic acids is 2. The van der Waals surface area contributed by atoms with E-state index in [1.165, 1.54) is 22.7 Å². The summed E-state index contributed by atoms with van der Waals surface area (Å²) in [7, 11) is 1.61. The van der Waals surface area contributed by atoms with Crippen LogP contribution in [-0.4, -0.2) is 51.9 Å². The first kappa shape index (κ1) is 20.8. The van der Waals surface area contributed by atoms with Gasteiger partial charge in [-0.05, 0) is 49.4 Å². The van der Waals surface area contributed by atoms with Crippen molar-refractivity contribution in [3.05, 3.63) is 48.6 Å². The van der Waals surface area contributed by atoms with E-state index in [0.29, 0.717) is 22.0 Å². The van der Waals surface area contributed by atoms with Crippen LogP contribution < -0.4 is 16.8 Å². The highest BCUT2D eigenvalue weighted by Crippen LogP contribution is 2.50. The number of aromatic nitrogens is 4. The molecular weight excluding hydrogens is 422 g/mol. The van der Waals surface area contributed by atoms with Gasteiger partial charge in [0.2, 0.25) is 0 Å². The van der Waals surface area contributed by atoms with E-state index in [9.17, 15) is 9.59 Å². The number of nitrogens with two attached hydrogens (primary N) is 2. The third kappa shape index (κ3) is 3.27. The van der Waals surface area contributed by atoms with Crippen molar-refractivity contribution in [1.82, 2.24) is 25.9 Å². The van der Waals surface area contributed by atoms with Gasteiger partial charge in [0.05, 0.1) is 21.7 Å². The molecule has 30 heavy (non-hydrogen) atoms. The molecule has 158 valence electrons. The minimum absolute atomic E-state index is 0.0492. The van der Waals surface area contributed by atoms with Gasteiger partial charge < -0.3 is 16.8 Å². The quantitative estimate of drug-likeness (QED) is 0.413. The Morgan fingerprint density at radius 2 is 1.87 bits per heavy atom. The number of amides is 1. The zero-order chi connectivity index (χ0) is 21.5. The molecule has 3 heterocycles. The maximum atomic E-state index is 12.4. The van der Waals surface area contributed by atoms with Crippen molar-refractivity contribution in [2.45, 2.75) is 37.6 Å². The third-order valence-electron chi connectivity index (χ3n) is 5.38. The Kier molecular flexibility index (Phi) is 5.53. The predicted molar refractivity (Wildman–Crippen MR) is 115 cm³/mol. The highest BCUT2D eigenvalue weighted by Gasteiger charge is 2.47. The molecule has 1 unspecified atom stereocenters. The smallest absolute Gasteiger partial charge is 0.261 e. The number of ketones is 1. The first-order valence-corrected chi connectivity index (χ1v) is 11.2. The fourth-order valence-corrected chi connectivity index (χ4v) is 6.55. The number of rotatable bonds is 6. The zero-order valence-corrected chi connectivity index (χ0v) is 18.3. The number of nitrogens with zero attached hydrogens (tertiary/aromatic N) is 3. The van der Waals surface area contributed by atoms with Gasteiger partial charge in [-0.15, -0.1) is 32.9 Å². The fraction of sp³-hybridized carbons (Fsp3) is 0.421. The summed E-state index contributed by atoms with van der Waals surface area (Å²) in [5, 5.41) is 17.8. The summed E-state index contributed by atoms with van der Waals surface area (Å²) >= 11 is 2.94. The number of Topliss-reactive ketones (excluding diaryl/α,β-unsaturated/α-hetero) is 1. The van der Waals surface area contributed by atoms with Crippen molar-refractivity contribution in [2.24, 2.45) is 11.5 Å². The van der Waals surface area contributed by atoms with Gasteiger partial charge in [-0.1, -0.05) is 5.21 Å². The Labute approximate surface area is 181 Å². The molecule has 0 aromatic carbocycles. The lowest BCUT2D eigenvalue weighted by Crippen LogP contribution is -2.37. The molecule has 0 spiro atoms. The summed E-state index contributed by atoms with van der Waals surface area (Å²) in [6.45, 7) is 1.88. The van der Waals surface area contributed by atoms with Crippen LogP contribution in [0.5, 0.6) is 0 Å². The lowest BCUT2D eigenvalue weighted by atomic mass is 9.70. The molecule has 3 aromatic rings. The summed E-state index contributed by atoms with van der Waals surface area (Å²) in [5.74, 6) is 0.239. The standard InChI is InChI=1S/C19H23N7O2S2/c1-9(21)7-19(18-23-25-26-24-18)10-5-15(12(27)8-20)29-13(10)3-4-14-11(19)6-16(30-14)17(28)22-2/h5-6,9H,3-4,7-8,20-21H2,1-2H3,(H,22,28)(H,23,24,25,26)/t9-,19?/m0/s1. The van der Waals surface area contributed by atoms with Crippen molar-refractivity contribution in [3.8, 4) is 0 Å². The average molecular weight is 446 g/mol. The molecule has 1 aliphatic carbocycles. The molecule has 0 saturated heterocycles. The Balaban J connectivity index is 2.03. The van der Waals surface area contributed by atoms with Crippen molar-refractivity contribution in [3.63, 3.8) is 0 Å². The van der Waals surface area contributed by atoms with Crippen LogP contribution in [0.1, 0.15) is 59.4 Å². The number of aromatic amines is 1. The molecule has 9 nitrogen and oxygen atoms in total. The van der Waals surface area contributed by atoms with Crippen LogP contribution in [0.4, 0.5) is 0 Å². The lowest BCUT2D eigenvalue weighted by molar-refractivity contribution is 0.0965. The number of hydrogen-bond donors (Lipinski definition) is 4. The monoisotopic (exact) mass is 445 g/mol. The highest BCUT2D eigenvalue weighted by atomic mass is 32.1. The average Bonchev–Trinajstić information content (AvgIpc) is 3.48. The van der Waals surface area contributed by atoms with Crippen LogP contribution in [0, 0.1) is 0 Å². The number of tetrazole rings is 1. The molecule has 0 bridgehead atoms. The van der Waals surface area contributed by atoms with Gasteiger partial charge >= 0.3 is 0 Å². The molecule has 0 radical (unpaired) electrons. The number of aryl methyl sites for hydroxylation is 2. The Morgan fingerprint density at radius 3 is 2.40 bits per heavy atom. The van der Waals surface area contributed by atoms with E-state index in [1.807, 2.05) is 19.1 Å². The van der Waals surface area contributed by atoms with E-state index < -0.39 is 5.41 Å². The molecule has 11 heteroatoms. The first-order valence-electron chi connectivity index (χ1n) is 9.62. The Bertz CT molecular complexity index is 1020. The maximum Gasteiger partial charge on any atom is 0.261 e. The molecule has 4 rings (SSSR count). The normalized spacial score (nSPS) is 18.9. The number of hydrogen-bond acceptors (Lipinski definition) is 9. The summed E-state index contributed by atoms with van der Waals surface area (Å²) < 4.78 is 0. The van der Waals surface area contributed by atoms with Crippen LogP contribution in [0.2, 0.25) is 0 Å². The van der Waals surface area contributed by atoms with Gasteiger partial charge in [-0.3, -0.25) is 9.59 Å². The summed E-state index contributed by atoms with van der Waals surface area (Å²) in [6, 6.07) is 3.62. The van der Waals surface area contributed by atoms with Crippen LogP contribution in [0.15, 0.2) is 12.1 Å². The van der Waals surface area contributed by atoms with Gasteiger partial charge in [0.25, 0.3) is 5.91 Å². The lowest BCUT2D eigenvalue weighted by Gasteiger charge is -2.32. The van der Waals surface area contributed by atoms with E-state index in [0.717, 1.165) is 33.7 Å². The number of fused-ring (bicyclic) bond motifs is 2. The van der Waals surface area contributed by atoms with E-state index in [4.69, 9.17) is 11.5 Å². The maximum absolute atomic E-state index is 12.4. The fourth-order valence-electron chi connectivity index (χ4n) is 4.17. The first-order chi connectivity index (χ1) is 14.4. The minimum Gasteiger partial charge on any atom is -0.354 e. The van der Waals surface area contributed by atoms with E-state index in [1.54, 1.807) is 7.05 Å². The number of nitrogens with one attached hydrogen (secondary N) is 2. The number of carbonyl (C=O) groups is 2. The topological polar surface area (TPSA) is 153 Å². The number of H-pyrrole nitrogens is 1. The van der Waals surface area contributed by atoms with Gasteiger partial charge in [-0.2, -0.15) is 5.21 Å². The molecule has 1 aliphatic rings. The van der Waals surface area contributed by atoms with E-state index >= 15 is 0 Å². The zero-order valence-electron chi connectivity index (χ0n) is 16.7. The van der Waals surface area contributed by atoms with Gasteiger partial charge in [0.1, 0.15) is 0 Å². The molecule has 0 aliphatic heterocycles. The SMILES string of the molecule is CNC(=O)c1cc2c(s1)CCc1sc(C(=O)CN)cc1C2(C[C@H](C)N)c1nn[nH]n1. The Morgan fingerprint density at radius 1 is 1.23 bits per heavy atom. The van der Waals surface area contributed by atoms with Crippen LogP contribution in [0.25, 0.3) is 0 Å². The van der Waals surface area contributed by atoms with Gasteiger partial charge in [-0.25, -0.2) is 0 Å². The molecule has 3 aromatic heterocycles. The van der Waals surface area contributed by atoms with E-state index in [2.05, 4.69) is 25.9 Å². The van der Waals surface area contributed by atoms with Crippen LogP contribution in [0.3, 0.4) is 0 Å². The molecule has 1 amide bonds. The van der Waals surface area contributed by atoms with Crippen molar-refractivity contribution >= 4 is 34.4 Å². The largest absolute Gasteiger partial charge is 0.354 e. The van der Waals surface area contributed by atoms with E-state index in [-0.39, 0.29) is 24.3 Å². The second-order valence-electron chi connectivity index (χ2n) is 7.42. The van der Waals surface area contributed by atoms with Gasteiger partial charge in [0.15, 0.2) is 11.6 Å². The second-order valence-corrected chi connectivity index (χ2v) is 9.70. The summed E-state index contributed by atoms with van der Waals surface area (Å²) in [5.41, 5.74) is 13.0. The molecule has 0 saturated carbocycles. The van der Waals surface area contributed by atoms with Crippen molar-refractivity contribution in [2.75, 3.05) is 13.6 Å². The number of thiophene rings is 2. The predicted octanol–water partition coefficient (Wildman–Crippen LogP) is 0.994.